The predicted molar refractivity (Wildman–Crippen MR) is 55.9 cm³/mol. The van der Waals surface area contributed by atoms with Gasteiger partial charge in [-0.05, 0) is 37.1 Å². The largest absolute Gasteiger partial charge is 0.508 e. The average Bonchev–Trinajstić information content (AvgIpc) is 2.11. The molecule has 0 fully saturated rings. The van der Waals surface area contributed by atoms with Gasteiger partial charge >= 0.3 is 0 Å². The molecule has 0 atom stereocenters. The van der Waals surface area contributed by atoms with E-state index in [2.05, 4.69) is 0 Å². The van der Waals surface area contributed by atoms with Crippen molar-refractivity contribution < 1.29 is 10.2 Å². The molecule has 74 valence electrons. The van der Waals surface area contributed by atoms with Gasteiger partial charge < -0.3 is 10.2 Å². The Bertz CT molecular complexity index is 309. The first-order valence-electron chi connectivity index (χ1n) is 4.77. The van der Waals surface area contributed by atoms with Crippen LogP contribution < -0.4 is 0 Å². The van der Waals surface area contributed by atoms with Crippen molar-refractivity contribution in [3.8, 4) is 0 Å². The van der Waals surface area contributed by atoms with Gasteiger partial charge in [-0.1, -0.05) is 12.2 Å². The highest BCUT2D eigenvalue weighted by molar-refractivity contribution is 5.40. The van der Waals surface area contributed by atoms with Crippen LogP contribution in [0.4, 0.5) is 0 Å². The third-order valence-corrected chi connectivity index (χ3v) is 2.84. The number of allylic oxidation sites excluding steroid dienone is 6. The van der Waals surface area contributed by atoms with Crippen LogP contribution >= 0.6 is 0 Å². The lowest BCUT2D eigenvalue weighted by Crippen LogP contribution is -2.16. The molecule has 0 aliphatic heterocycles. The van der Waals surface area contributed by atoms with Crippen molar-refractivity contribution in [2.45, 2.75) is 13.8 Å². The van der Waals surface area contributed by atoms with E-state index in [0.717, 1.165) is 11.1 Å². The van der Waals surface area contributed by atoms with E-state index < -0.39 is 0 Å². The Hall–Kier alpha value is -1.44. The second-order valence-electron chi connectivity index (χ2n) is 3.96. The van der Waals surface area contributed by atoms with Crippen molar-refractivity contribution in [3.63, 3.8) is 0 Å². The van der Waals surface area contributed by atoms with Gasteiger partial charge in [0, 0.05) is 11.8 Å². The third-order valence-electron chi connectivity index (χ3n) is 2.84. The van der Waals surface area contributed by atoms with Gasteiger partial charge in [-0.15, -0.1) is 0 Å². The first-order chi connectivity index (χ1) is 6.58. The summed E-state index contributed by atoms with van der Waals surface area (Å²) in [5, 5.41) is 19.1. The van der Waals surface area contributed by atoms with Gasteiger partial charge in [-0.3, -0.25) is 0 Å². The number of fused-ring (bicyclic) bond motifs is 1. The van der Waals surface area contributed by atoms with Gasteiger partial charge in [0.1, 0.15) is 11.5 Å². The van der Waals surface area contributed by atoms with E-state index in [-0.39, 0.29) is 11.8 Å². The molecular weight excluding hydrogens is 176 g/mol. The number of hydrogen-bond donors (Lipinski definition) is 2. The van der Waals surface area contributed by atoms with Crippen LogP contribution in [0.2, 0.25) is 0 Å². The maximum atomic E-state index is 9.53. The molecule has 0 spiro atoms. The minimum Gasteiger partial charge on any atom is -0.508 e. The maximum absolute atomic E-state index is 9.53. The number of aliphatic hydroxyl groups is 2. The van der Waals surface area contributed by atoms with Crippen molar-refractivity contribution >= 4 is 0 Å². The van der Waals surface area contributed by atoms with Crippen LogP contribution in [-0.4, -0.2) is 10.2 Å². The van der Waals surface area contributed by atoms with Crippen molar-refractivity contribution in [2.24, 2.45) is 11.8 Å². The summed E-state index contributed by atoms with van der Waals surface area (Å²) in [4.78, 5) is 0. The summed E-state index contributed by atoms with van der Waals surface area (Å²) in [6.45, 7) is 3.78. The third kappa shape index (κ3) is 1.37. The van der Waals surface area contributed by atoms with Crippen LogP contribution in [0.5, 0.6) is 0 Å². The molecule has 0 aromatic rings. The minimum absolute atomic E-state index is 0.0994. The Labute approximate surface area is 83.6 Å². The van der Waals surface area contributed by atoms with Crippen LogP contribution in [0.3, 0.4) is 0 Å². The number of rotatable bonds is 0. The van der Waals surface area contributed by atoms with Gasteiger partial charge in [0.05, 0.1) is 0 Å². The van der Waals surface area contributed by atoms with Crippen LogP contribution in [0.1, 0.15) is 13.8 Å². The lowest BCUT2D eigenvalue weighted by molar-refractivity contribution is 0.389. The van der Waals surface area contributed by atoms with E-state index in [9.17, 15) is 10.2 Å². The highest BCUT2D eigenvalue weighted by atomic mass is 16.3. The van der Waals surface area contributed by atoms with E-state index in [1.807, 2.05) is 26.0 Å². The molecule has 0 unspecified atom stereocenters. The van der Waals surface area contributed by atoms with Crippen LogP contribution in [0.15, 0.2) is 47.0 Å². The zero-order chi connectivity index (χ0) is 10.3. The molecule has 0 heterocycles. The Kier molecular flexibility index (Phi) is 1.99. The Morgan fingerprint density at radius 2 is 1.14 bits per heavy atom. The predicted octanol–water partition coefficient (Wildman–Crippen LogP) is 3.02. The van der Waals surface area contributed by atoms with Crippen molar-refractivity contribution in [1.82, 2.24) is 0 Å². The summed E-state index contributed by atoms with van der Waals surface area (Å²) in [5.41, 5.74) is 1.81. The van der Waals surface area contributed by atoms with Crippen LogP contribution in [-0.2, 0) is 0 Å². The van der Waals surface area contributed by atoms with Crippen molar-refractivity contribution in [3.05, 3.63) is 47.0 Å². The summed E-state index contributed by atoms with van der Waals surface area (Å²) in [6, 6.07) is 0. The Balaban J connectivity index is 2.38. The summed E-state index contributed by atoms with van der Waals surface area (Å²) in [7, 11) is 0. The summed E-state index contributed by atoms with van der Waals surface area (Å²) >= 11 is 0. The molecule has 0 bridgehead atoms. The van der Waals surface area contributed by atoms with E-state index in [4.69, 9.17) is 0 Å². The number of hydrogen-bond acceptors (Lipinski definition) is 2. The zero-order valence-corrected chi connectivity index (χ0v) is 8.36. The summed E-state index contributed by atoms with van der Waals surface area (Å²) in [6.07, 6.45) is 7.65. The lowest BCUT2D eigenvalue weighted by atomic mass is 9.80. The molecule has 2 aliphatic carbocycles. The normalized spacial score (nSPS) is 31.0. The molecular formula is C12H14O2. The van der Waals surface area contributed by atoms with Gasteiger partial charge in [-0.25, -0.2) is 0 Å². The Morgan fingerprint density at radius 3 is 1.57 bits per heavy atom. The van der Waals surface area contributed by atoms with Gasteiger partial charge in [0.25, 0.3) is 0 Å². The standard InChI is InChI=1S/C12H14O2/c1-7-3-9-4-8(2)12(14)6-10(9)5-11(7)13/h3-6,9-10,13-14H,1-2H3. The molecule has 2 heteroatoms. The summed E-state index contributed by atoms with van der Waals surface area (Å²) in [5.74, 6) is 1.02. The molecule has 2 nitrogen and oxygen atoms in total. The van der Waals surface area contributed by atoms with E-state index in [0.29, 0.717) is 11.5 Å². The monoisotopic (exact) mass is 190 g/mol. The quantitative estimate of drug-likeness (QED) is 0.616. The molecule has 0 aromatic heterocycles. The first kappa shape index (κ1) is 9.13. The Morgan fingerprint density at radius 1 is 0.786 bits per heavy atom. The fraction of sp³-hybridized carbons (Fsp3) is 0.333. The van der Waals surface area contributed by atoms with Gasteiger partial charge in [-0.2, -0.15) is 0 Å². The fourth-order valence-electron chi connectivity index (χ4n) is 1.92. The number of aliphatic hydroxyl groups excluding tert-OH is 2. The van der Waals surface area contributed by atoms with Crippen LogP contribution in [0, 0.1) is 11.8 Å². The molecule has 0 saturated heterocycles. The SMILES string of the molecule is CC1=CC2C=C(C)C(O)=CC2C=C1O. The molecule has 2 rings (SSSR count). The lowest BCUT2D eigenvalue weighted by Gasteiger charge is -2.26. The highest BCUT2D eigenvalue weighted by Gasteiger charge is 2.24. The first-order valence-corrected chi connectivity index (χ1v) is 4.77. The van der Waals surface area contributed by atoms with E-state index >= 15 is 0 Å². The van der Waals surface area contributed by atoms with E-state index in [1.54, 1.807) is 12.2 Å². The molecule has 2 N–H and O–H groups in total. The summed E-state index contributed by atoms with van der Waals surface area (Å²) < 4.78 is 0. The average molecular weight is 190 g/mol. The second-order valence-corrected chi connectivity index (χ2v) is 3.96. The molecule has 0 aromatic carbocycles. The second kappa shape index (κ2) is 3.05. The molecule has 0 amide bonds. The zero-order valence-electron chi connectivity index (χ0n) is 8.36. The maximum Gasteiger partial charge on any atom is 0.114 e. The fourth-order valence-corrected chi connectivity index (χ4v) is 1.92. The molecule has 2 aliphatic rings. The highest BCUT2D eigenvalue weighted by Crippen LogP contribution is 2.34. The van der Waals surface area contributed by atoms with Crippen molar-refractivity contribution in [2.75, 3.05) is 0 Å². The molecule has 14 heavy (non-hydrogen) atoms. The van der Waals surface area contributed by atoms with Crippen molar-refractivity contribution in [1.29, 1.82) is 0 Å². The topological polar surface area (TPSA) is 40.5 Å². The molecule has 0 radical (unpaired) electrons. The minimum atomic E-state index is 0.0994. The van der Waals surface area contributed by atoms with E-state index in [1.165, 1.54) is 0 Å². The van der Waals surface area contributed by atoms with Gasteiger partial charge in [0.2, 0.25) is 0 Å². The van der Waals surface area contributed by atoms with Gasteiger partial charge in [0.15, 0.2) is 0 Å². The smallest absolute Gasteiger partial charge is 0.114 e. The van der Waals surface area contributed by atoms with Crippen LogP contribution in [0.25, 0.3) is 0 Å². The molecule has 0 saturated carbocycles.